The van der Waals surface area contributed by atoms with Crippen LogP contribution in [-0.4, -0.2) is 46.2 Å². The van der Waals surface area contributed by atoms with Gasteiger partial charge < -0.3 is 15.4 Å². The first-order valence-corrected chi connectivity index (χ1v) is 10.6. The highest BCUT2D eigenvalue weighted by atomic mass is 16.5. The van der Waals surface area contributed by atoms with Crippen molar-refractivity contribution in [3.63, 3.8) is 0 Å². The number of amides is 2. The molecule has 0 bridgehead atoms. The molecule has 2 amide bonds. The fraction of sp³-hybridized carbons (Fsp3) is 0.160. The molecule has 9 heteroatoms. The predicted octanol–water partition coefficient (Wildman–Crippen LogP) is 3.10. The van der Waals surface area contributed by atoms with Crippen molar-refractivity contribution in [2.75, 3.05) is 19.0 Å². The summed E-state index contributed by atoms with van der Waals surface area (Å²) in [6, 6.07) is 17.6. The van der Waals surface area contributed by atoms with Crippen molar-refractivity contribution in [1.29, 1.82) is 0 Å². The largest absolute Gasteiger partial charge is 0.452 e. The molecule has 2 aromatic heterocycles. The molecule has 0 saturated carbocycles. The Bertz CT molecular complexity index is 1400. The summed E-state index contributed by atoms with van der Waals surface area (Å²) in [7, 11) is 3.28. The minimum absolute atomic E-state index is 0.273. The average Bonchev–Trinajstić information content (AvgIpc) is 3.15. The van der Waals surface area contributed by atoms with Gasteiger partial charge in [-0.2, -0.15) is 5.10 Å². The zero-order valence-corrected chi connectivity index (χ0v) is 19.0. The van der Waals surface area contributed by atoms with Crippen LogP contribution in [0.25, 0.3) is 22.3 Å². The number of fused-ring (bicyclic) bond motifs is 1. The highest BCUT2D eigenvalue weighted by Gasteiger charge is 2.21. The number of carbonyl (C=O) groups excluding carboxylic acids is 3. The van der Waals surface area contributed by atoms with Gasteiger partial charge in [-0.15, -0.1) is 0 Å². The van der Waals surface area contributed by atoms with E-state index < -0.39 is 18.5 Å². The van der Waals surface area contributed by atoms with Gasteiger partial charge in [0.25, 0.3) is 11.8 Å². The molecule has 0 aliphatic rings. The summed E-state index contributed by atoms with van der Waals surface area (Å²) >= 11 is 0. The molecule has 0 aliphatic heterocycles. The van der Waals surface area contributed by atoms with E-state index in [1.807, 2.05) is 30.3 Å². The molecular formula is C25H23N5O4. The lowest BCUT2D eigenvalue weighted by Crippen LogP contribution is -2.22. The quantitative estimate of drug-likeness (QED) is 0.430. The van der Waals surface area contributed by atoms with E-state index in [0.717, 1.165) is 5.56 Å². The van der Waals surface area contributed by atoms with E-state index in [1.54, 1.807) is 42.9 Å². The second-order valence-corrected chi connectivity index (χ2v) is 7.61. The van der Waals surface area contributed by atoms with Crippen LogP contribution in [0.2, 0.25) is 0 Å². The van der Waals surface area contributed by atoms with Crippen molar-refractivity contribution < 1.29 is 19.1 Å². The van der Waals surface area contributed by atoms with Crippen LogP contribution < -0.4 is 10.6 Å². The number of aromatic nitrogens is 3. The second kappa shape index (κ2) is 9.53. The van der Waals surface area contributed by atoms with Crippen LogP contribution in [0.15, 0.2) is 60.7 Å². The zero-order chi connectivity index (χ0) is 24.2. The molecule has 0 spiro atoms. The second-order valence-electron chi connectivity index (χ2n) is 7.61. The van der Waals surface area contributed by atoms with Crippen molar-refractivity contribution in [2.24, 2.45) is 7.05 Å². The van der Waals surface area contributed by atoms with Gasteiger partial charge in [-0.3, -0.25) is 14.3 Å². The lowest BCUT2D eigenvalue weighted by Gasteiger charge is -2.10. The third-order valence-electron chi connectivity index (χ3n) is 5.23. The van der Waals surface area contributed by atoms with E-state index in [4.69, 9.17) is 4.74 Å². The Morgan fingerprint density at radius 1 is 1.03 bits per heavy atom. The maximum atomic E-state index is 13.0. The van der Waals surface area contributed by atoms with Gasteiger partial charge in [0.2, 0.25) is 0 Å². The van der Waals surface area contributed by atoms with Gasteiger partial charge in [-0.05, 0) is 31.2 Å². The third kappa shape index (κ3) is 4.63. The summed E-state index contributed by atoms with van der Waals surface area (Å²) in [5, 5.41) is 10.1. The van der Waals surface area contributed by atoms with Crippen LogP contribution in [0, 0.1) is 6.92 Å². The van der Waals surface area contributed by atoms with Gasteiger partial charge in [-0.25, -0.2) is 9.78 Å². The maximum absolute atomic E-state index is 13.0. The molecule has 34 heavy (non-hydrogen) atoms. The summed E-state index contributed by atoms with van der Waals surface area (Å²) in [6.07, 6.45) is 0. The molecule has 9 nitrogen and oxygen atoms in total. The Hall–Kier alpha value is -4.53. The van der Waals surface area contributed by atoms with Crippen molar-refractivity contribution in [3.05, 3.63) is 77.5 Å². The van der Waals surface area contributed by atoms with Crippen LogP contribution >= 0.6 is 0 Å². The summed E-state index contributed by atoms with van der Waals surface area (Å²) in [5.41, 5.74) is 3.71. The van der Waals surface area contributed by atoms with Crippen LogP contribution in [0.3, 0.4) is 0 Å². The molecule has 172 valence electrons. The lowest BCUT2D eigenvalue weighted by atomic mass is 10.1. The number of esters is 1. The molecular weight excluding hydrogens is 434 g/mol. The maximum Gasteiger partial charge on any atom is 0.339 e. The van der Waals surface area contributed by atoms with Crippen molar-refractivity contribution in [1.82, 2.24) is 20.1 Å². The number of benzene rings is 2. The predicted molar refractivity (Wildman–Crippen MR) is 127 cm³/mol. The van der Waals surface area contributed by atoms with Crippen LogP contribution in [0.1, 0.15) is 26.4 Å². The molecule has 0 fully saturated rings. The van der Waals surface area contributed by atoms with E-state index >= 15 is 0 Å². The molecule has 2 aromatic carbocycles. The zero-order valence-electron chi connectivity index (χ0n) is 19.0. The molecule has 2 N–H and O–H groups in total. The Balaban J connectivity index is 1.55. The Labute approximate surface area is 195 Å². The Kier molecular flexibility index (Phi) is 6.35. The summed E-state index contributed by atoms with van der Waals surface area (Å²) in [4.78, 5) is 41.9. The number of anilines is 1. The first-order valence-electron chi connectivity index (χ1n) is 10.6. The van der Waals surface area contributed by atoms with Crippen molar-refractivity contribution in [3.8, 4) is 11.3 Å². The fourth-order valence-electron chi connectivity index (χ4n) is 3.65. The number of aryl methyl sites for hydroxylation is 2. The number of hydrogen-bond acceptors (Lipinski definition) is 6. The van der Waals surface area contributed by atoms with Crippen LogP contribution in [0.4, 0.5) is 5.69 Å². The first kappa shape index (κ1) is 22.7. The van der Waals surface area contributed by atoms with Crippen LogP contribution in [0.5, 0.6) is 0 Å². The van der Waals surface area contributed by atoms with E-state index in [1.165, 1.54) is 13.1 Å². The molecule has 0 radical (unpaired) electrons. The van der Waals surface area contributed by atoms with Gasteiger partial charge in [-0.1, -0.05) is 36.4 Å². The lowest BCUT2D eigenvalue weighted by molar-refractivity contribution is -0.119. The normalized spacial score (nSPS) is 10.7. The highest BCUT2D eigenvalue weighted by molar-refractivity contribution is 6.06. The van der Waals surface area contributed by atoms with Gasteiger partial charge >= 0.3 is 5.97 Å². The molecule has 0 aliphatic carbocycles. The number of nitrogens with one attached hydrogen (secondary N) is 2. The third-order valence-corrected chi connectivity index (χ3v) is 5.23. The monoisotopic (exact) mass is 457 g/mol. The SMILES string of the molecule is CNC(=O)c1cccc(NC(=O)COC(=O)c2cc(-c3ccccc3)nc3c2c(C)nn3C)c1. The van der Waals surface area contributed by atoms with E-state index in [-0.39, 0.29) is 11.5 Å². The number of ether oxygens (including phenoxy) is 1. The van der Waals surface area contributed by atoms with Gasteiger partial charge in [0.15, 0.2) is 12.3 Å². The van der Waals surface area contributed by atoms with E-state index in [0.29, 0.717) is 33.7 Å². The van der Waals surface area contributed by atoms with Crippen LogP contribution in [-0.2, 0) is 16.6 Å². The smallest absolute Gasteiger partial charge is 0.339 e. The van der Waals surface area contributed by atoms with Gasteiger partial charge in [0.1, 0.15) is 0 Å². The van der Waals surface area contributed by atoms with Gasteiger partial charge in [0, 0.05) is 30.9 Å². The Morgan fingerprint density at radius 2 is 1.79 bits per heavy atom. The molecule has 0 unspecified atom stereocenters. The van der Waals surface area contributed by atoms with Crippen molar-refractivity contribution >= 4 is 34.5 Å². The number of pyridine rings is 1. The molecule has 4 aromatic rings. The van der Waals surface area contributed by atoms with Crippen molar-refractivity contribution in [2.45, 2.75) is 6.92 Å². The number of nitrogens with zero attached hydrogens (tertiary/aromatic N) is 3. The molecule has 0 atom stereocenters. The van der Waals surface area contributed by atoms with Gasteiger partial charge in [0.05, 0.1) is 22.3 Å². The minimum Gasteiger partial charge on any atom is -0.452 e. The molecule has 0 saturated heterocycles. The number of rotatable bonds is 6. The molecule has 4 rings (SSSR count). The summed E-state index contributed by atoms with van der Waals surface area (Å²) in [5.74, 6) is -1.46. The summed E-state index contributed by atoms with van der Waals surface area (Å²) < 4.78 is 6.94. The topological polar surface area (TPSA) is 115 Å². The summed E-state index contributed by atoms with van der Waals surface area (Å²) in [6.45, 7) is 1.29. The highest BCUT2D eigenvalue weighted by Crippen LogP contribution is 2.27. The number of carbonyl (C=O) groups is 3. The number of hydrogen-bond donors (Lipinski definition) is 2. The minimum atomic E-state index is -0.657. The first-order chi connectivity index (χ1) is 16.4. The molecule has 2 heterocycles. The standard InChI is InChI=1S/C25H23N5O4/c1-15-22-19(13-20(16-8-5-4-6-9-16)28-23(22)30(3)29-15)25(33)34-14-21(31)27-18-11-7-10-17(12-18)24(32)26-2/h4-13H,14H2,1-3H3,(H,26,32)(H,27,31). The fourth-order valence-corrected chi connectivity index (χ4v) is 3.65. The van der Waals surface area contributed by atoms with E-state index in [9.17, 15) is 14.4 Å². The Morgan fingerprint density at radius 3 is 2.53 bits per heavy atom. The average molecular weight is 457 g/mol. The van der Waals surface area contributed by atoms with E-state index in [2.05, 4.69) is 20.7 Å².